The van der Waals surface area contributed by atoms with Gasteiger partial charge in [0.25, 0.3) is 5.91 Å². The number of amides is 1. The maximum Gasteiger partial charge on any atom is 0.254 e. The first-order valence-corrected chi connectivity index (χ1v) is 8.55. The van der Waals surface area contributed by atoms with Gasteiger partial charge in [-0.25, -0.2) is 4.98 Å². The molecule has 1 aliphatic rings. The van der Waals surface area contributed by atoms with E-state index in [2.05, 4.69) is 21.5 Å². The standard InChI is InChI=1S/C19H22N4O2/c1-13-10-21-18(12-25-2)23(13)16-6-8-22(11-16)19(24)15-4-3-14-5-7-20-17(14)9-15/h3-5,7,9-10,16,20H,6,8,11-12H2,1-2H3. The Labute approximate surface area is 146 Å². The molecule has 1 saturated heterocycles. The predicted octanol–water partition coefficient (Wildman–Crippen LogP) is 2.91. The molecule has 4 rings (SSSR count). The van der Waals surface area contributed by atoms with Gasteiger partial charge < -0.3 is 19.2 Å². The average molecular weight is 338 g/mol. The van der Waals surface area contributed by atoms with Gasteiger partial charge in [-0.1, -0.05) is 6.07 Å². The van der Waals surface area contributed by atoms with Crippen molar-refractivity contribution in [3.8, 4) is 0 Å². The molecular formula is C19H22N4O2. The van der Waals surface area contributed by atoms with Crippen LogP contribution in [0.3, 0.4) is 0 Å². The number of rotatable bonds is 4. The average Bonchev–Trinajstić information content (AvgIpc) is 3.33. The second-order valence-corrected chi connectivity index (χ2v) is 6.59. The molecule has 1 amide bonds. The van der Waals surface area contributed by atoms with Crippen molar-refractivity contribution in [2.75, 3.05) is 20.2 Å². The number of likely N-dealkylation sites (tertiary alicyclic amines) is 1. The van der Waals surface area contributed by atoms with E-state index in [9.17, 15) is 4.79 Å². The summed E-state index contributed by atoms with van der Waals surface area (Å²) in [5.41, 5.74) is 2.84. The molecule has 1 aromatic carbocycles. The van der Waals surface area contributed by atoms with Crippen molar-refractivity contribution in [1.82, 2.24) is 19.4 Å². The predicted molar refractivity (Wildman–Crippen MR) is 95.5 cm³/mol. The van der Waals surface area contributed by atoms with E-state index in [0.29, 0.717) is 13.2 Å². The number of fused-ring (bicyclic) bond motifs is 1. The third kappa shape index (κ3) is 2.82. The number of aromatic amines is 1. The van der Waals surface area contributed by atoms with Crippen LogP contribution >= 0.6 is 0 Å². The summed E-state index contributed by atoms with van der Waals surface area (Å²) in [4.78, 5) is 22.4. The molecule has 6 nitrogen and oxygen atoms in total. The Morgan fingerprint density at radius 2 is 2.28 bits per heavy atom. The molecule has 130 valence electrons. The van der Waals surface area contributed by atoms with E-state index in [1.54, 1.807) is 7.11 Å². The van der Waals surface area contributed by atoms with Gasteiger partial charge in [0.15, 0.2) is 0 Å². The third-order valence-corrected chi connectivity index (χ3v) is 4.95. The highest BCUT2D eigenvalue weighted by atomic mass is 16.5. The van der Waals surface area contributed by atoms with Crippen molar-refractivity contribution in [1.29, 1.82) is 0 Å². The Morgan fingerprint density at radius 3 is 3.12 bits per heavy atom. The number of hydrogen-bond donors (Lipinski definition) is 1. The molecule has 2 aromatic heterocycles. The van der Waals surface area contributed by atoms with Gasteiger partial charge in [0.2, 0.25) is 0 Å². The molecule has 1 fully saturated rings. The molecule has 0 spiro atoms. The Hall–Kier alpha value is -2.60. The van der Waals surface area contributed by atoms with Gasteiger partial charge in [0, 0.05) is 49.4 Å². The van der Waals surface area contributed by atoms with Gasteiger partial charge in [-0.3, -0.25) is 4.79 Å². The van der Waals surface area contributed by atoms with E-state index in [1.807, 2.05) is 41.6 Å². The number of carbonyl (C=O) groups excluding carboxylic acids is 1. The maximum atomic E-state index is 12.9. The molecule has 3 aromatic rings. The summed E-state index contributed by atoms with van der Waals surface area (Å²) in [6.07, 6.45) is 4.70. The van der Waals surface area contributed by atoms with Crippen LogP contribution in [0.4, 0.5) is 0 Å². The first-order valence-electron chi connectivity index (χ1n) is 8.55. The minimum atomic E-state index is 0.0880. The molecular weight excluding hydrogens is 316 g/mol. The van der Waals surface area contributed by atoms with Gasteiger partial charge in [0.1, 0.15) is 12.4 Å². The Balaban J connectivity index is 1.54. The number of hydrogen-bond acceptors (Lipinski definition) is 3. The van der Waals surface area contributed by atoms with Crippen molar-refractivity contribution < 1.29 is 9.53 Å². The third-order valence-electron chi connectivity index (χ3n) is 4.95. The lowest BCUT2D eigenvalue weighted by Crippen LogP contribution is -2.29. The topological polar surface area (TPSA) is 63.1 Å². The summed E-state index contributed by atoms with van der Waals surface area (Å²) in [5, 5.41) is 1.12. The van der Waals surface area contributed by atoms with Crippen LogP contribution in [0.15, 0.2) is 36.7 Å². The summed E-state index contributed by atoms with van der Waals surface area (Å²) in [6, 6.07) is 8.10. The largest absolute Gasteiger partial charge is 0.377 e. The number of nitrogens with zero attached hydrogens (tertiary/aromatic N) is 3. The zero-order valence-electron chi connectivity index (χ0n) is 14.5. The smallest absolute Gasteiger partial charge is 0.254 e. The summed E-state index contributed by atoms with van der Waals surface area (Å²) >= 11 is 0. The zero-order valence-corrected chi connectivity index (χ0v) is 14.5. The fourth-order valence-electron chi connectivity index (χ4n) is 3.73. The minimum Gasteiger partial charge on any atom is -0.377 e. The fourth-order valence-corrected chi connectivity index (χ4v) is 3.73. The van der Waals surface area contributed by atoms with Crippen LogP contribution in [-0.2, 0) is 11.3 Å². The fraction of sp³-hybridized carbons (Fsp3) is 0.368. The van der Waals surface area contributed by atoms with Crippen LogP contribution in [0.1, 0.15) is 34.3 Å². The van der Waals surface area contributed by atoms with Crippen LogP contribution < -0.4 is 0 Å². The number of carbonyl (C=O) groups is 1. The Bertz CT molecular complexity index is 911. The minimum absolute atomic E-state index is 0.0880. The van der Waals surface area contributed by atoms with E-state index in [0.717, 1.165) is 41.0 Å². The number of methoxy groups -OCH3 is 1. The van der Waals surface area contributed by atoms with E-state index >= 15 is 0 Å². The molecule has 1 unspecified atom stereocenters. The molecule has 1 atom stereocenters. The highest BCUT2D eigenvalue weighted by molar-refractivity contribution is 5.98. The number of imidazole rings is 1. The van der Waals surface area contributed by atoms with Gasteiger partial charge in [-0.05, 0) is 36.9 Å². The zero-order chi connectivity index (χ0) is 17.4. The van der Waals surface area contributed by atoms with Gasteiger partial charge in [-0.2, -0.15) is 0 Å². The highest BCUT2D eigenvalue weighted by Gasteiger charge is 2.30. The van der Waals surface area contributed by atoms with Gasteiger partial charge in [-0.15, -0.1) is 0 Å². The summed E-state index contributed by atoms with van der Waals surface area (Å²) in [5.74, 6) is 1.01. The molecule has 0 aliphatic carbocycles. The molecule has 3 heterocycles. The number of ether oxygens (including phenoxy) is 1. The van der Waals surface area contributed by atoms with Crippen LogP contribution in [0.25, 0.3) is 10.9 Å². The van der Waals surface area contributed by atoms with Crippen LogP contribution in [-0.4, -0.2) is 45.5 Å². The molecule has 0 radical (unpaired) electrons. The number of aryl methyl sites for hydroxylation is 1. The quantitative estimate of drug-likeness (QED) is 0.795. The van der Waals surface area contributed by atoms with Crippen molar-refractivity contribution in [3.05, 3.63) is 53.7 Å². The van der Waals surface area contributed by atoms with Crippen molar-refractivity contribution in [3.63, 3.8) is 0 Å². The van der Waals surface area contributed by atoms with E-state index in [1.165, 1.54) is 0 Å². The SMILES string of the molecule is COCc1ncc(C)n1C1CCN(C(=O)c2ccc3cc[nH]c3c2)C1. The Kier molecular flexibility index (Phi) is 4.05. The molecule has 25 heavy (non-hydrogen) atoms. The lowest BCUT2D eigenvalue weighted by molar-refractivity contribution is 0.0787. The van der Waals surface area contributed by atoms with Gasteiger partial charge >= 0.3 is 0 Å². The van der Waals surface area contributed by atoms with E-state index in [4.69, 9.17) is 4.74 Å². The van der Waals surface area contributed by atoms with Crippen molar-refractivity contribution in [2.24, 2.45) is 0 Å². The number of benzene rings is 1. The van der Waals surface area contributed by atoms with Crippen LogP contribution in [0.2, 0.25) is 0 Å². The van der Waals surface area contributed by atoms with Crippen LogP contribution in [0, 0.1) is 6.92 Å². The highest BCUT2D eigenvalue weighted by Crippen LogP contribution is 2.27. The summed E-state index contributed by atoms with van der Waals surface area (Å²) in [7, 11) is 1.68. The number of aromatic nitrogens is 3. The molecule has 1 N–H and O–H groups in total. The summed E-state index contributed by atoms with van der Waals surface area (Å²) in [6.45, 7) is 4.00. The maximum absolute atomic E-state index is 12.9. The monoisotopic (exact) mass is 338 g/mol. The van der Waals surface area contributed by atoms with Crippen molar-refractivity contribution in [2.45, 2.75) is 26.0 Å². The lowest BCUT2D eigenvalue weighted by Gasteiger charge is -2.19. The molecule has 0 bridgehead atoms. The van der Waals surface area contributed by atoms with E-state index < -0.39 is 0 Å². The number of nitrogens with one attached hydrogen (secondary N) is 1. The molecule has 6 heteroatoms. The Morgan fingerprint density at radius 1 is 1.40 bits per heavy atom. The first kappa shape index (κ1) is 15.9. The van der Waals surface area contributed by atoms with E-state index in [-0.39, 0.29) is 11.9 Å². The molecule has 1 aliphatic heterocycles. The van der Waals surface area contributed by atoms with Crippen LogP contribution in [0.5, 0.6) is 0 Å². The van der Waals surface area contributed by atoms with Crippen molar-refractivity contribution >= 4 is 16.8 Å². The normalized spacial score (nSPS) is 17.5. The molecule has 0 saturated carbocycles. The second-order valence-electron chi connectivity index (χ2n) is 6.59. The number of H-pyrrole nitrogens is 1. The summed E-state index contributed by atoms with van der Waals surface area (Å²) < 4.78 is 7.46. The lowest BCUT2D eigenvalue weighted by atomic mass is 10.1. The first-order chi connectivity index (χ1) is 12.2. The second kappa shape index (κ2) is 6.37. The van der Waals surface area contributed by atoms with Gasteiger partial charge in [0.05, 0.1) is 6.04 Å².